The molecule has 0 amide bonds. The van der Waals surface area contributed by atoms with Gasteiger partial charge in [0.1, 0.15) is 11.5 Å². The van der Waals surface area contributed by atoms with Crippen LogP contribution in [0.2, 0.25) is 0 Å². The van der Waals surface area contributed by atoms with Crippen molar-refractivity contribution in [2.24, 2.45) is 5.92 Å². The second-order valence-corrected chi connectivity index (χ2v) is 6.59. The van der Waals surface area contributed by atoms with Crippen LogP contribution in [0.15, 0.2) is 42.5 Å². The zero-order valence-electron chi connectivity index (χ0n) is 16.4. The molecule has 0 radical (unpaired) electrons. The molecule has 146 valence electrons. The van der Waals surface area contributed by atoms with E-state index in [1.165, 1.54) is 0 Å². The van der Waals surface area contributed by atoms with Crippen molar-refractivity contribution in [3.05, 3.63) is 48.2 Å². The molecule has 1 N–H and O–H groups in total. The molecule has 28 heavy (non-hydrogen) atoms. The number of ether oxygens (including phenoxy) is 3. The lowest BCUT2D eigenvalue weighted by Gasteiger charge is -2.15. The molecule has 0 spiro atoms. The number of methoxy groups -OCH3 is 2. The smallest absolute Gasteiger partial charge is 0.360 e. The third-order valence-electron chi connectivity index (χ3n) is 3.97. The number of benzene rings is 2. The maximum absolute atomic E-state index is 12.6. The first-order valence-electron chi connectivity index (χ1n) is 8.94. The summed E-state index contributed by atoms with van der Waals surface area (Å²) in [6, 6.07) is 12.7. The van der Waals surface area contributed by atoms with Crippen molar-refractivity contribution in [3.63, 3.8) is 0 Å². The summed E-state index contributed by atoms with van der Waals surface area (Å²) in [5.74, 6) is 1.20. The van der Waals surface area contributed by atoms with Gasteiger partial charge in [-0.2, -0.15) is 0 Å². The highest BCUT2D eigenvalue weighted by atomic mass is 16.5. The number of hydrogen-bond donors (Lipinski definition) is 1. The van der Waals surface area contributed by atoms with E-state index >= 15 is 0 Å². The number of carbonyl (C=O) groups excluding carboxylic acids is 1. The van der Waals surface area contributed by atoms with Crippen LogP contribution in [0.4, 0.5) is 11.5 Å². The minimum atomic E-state index is -0.526. The number of esters is 1. The summed E-state index contributed by atoms with van der Waals surface area (Å²) in [6.07, 6.45) is 0. The maximum Gasteiger partial charge on any atom is 0.360 e. The minimum Gasteiger partial charge on any atom is -0.497 e. The van der Waals surface area contributed by atoms with Crippen LogP contribution >= 0.6 is 0 Å². The van der Waals surface area contributed by atoms with Gasteiger partial charge in [-0.05, 0) is 30.2 Å². The van der Waals surface area contributed by atoms with Crippen molar-refractivity contribution in [3.8, 4) is 11.5 Å². The number of hydrogen-bond acceptors (Lipinski definition) is 7. The minimum absolute atomic E-state index is 0.122. The molecule has 1 heterocycles. The molecule has 0 atom stereocenters. The van der Waals surface area contributed by atoms with Gasteiger partial charge in [0.25, 0.3) is 0 Å². The summed E-state index contributed by atoms with van der Waals surface area (Å²) in [6.45, 7) is 4.25. The normalized spacial score (nSPS) is 10.8. The third kappa shape index (κ3) is 4.31. The Labute approximate surface area is 163 Å². The maximum atomic E-state index is 12.6. The molecule has 0 aliphatic carbocycles. The standard InChI is InChI=1S/C21H23N3O4/c1-13(2)12-28-21(25)19-20(23-16-8-6-5-7-15(16)22-19)24-17-10-9-14(26-3)11-18(17)27-4/h5-11,13H,12H2,1-4H3,(H,23,24). The molecular weight excluding hydrogens is 358 g/mol. The van der Waals surface area contributed by atoms with Crippen LogP contribution in [-0.4, -0.2) is 36.8 Å². The predicted octanol–water partition coefficient (Wildman–Crippen LogP) is 4.20. The fourth-order valence-corrected chi connectivity index (χ4v) is 2.57. The highest BCUT2D eigenvalue weighted by Crippen LogP contribution is 2.32. The van der Waals surface area contributed by atoms with Gasteiger partial charge in [0.15, 0.2) is 11.5 Å². The molecule has 7 nitrogen and oxygen atoms in total. The molecule has 0 aliphatic heterocycles. The lowest BCUT2D eigenvalue weighted by Crippen LogP contribution is -2.15. The van der Waals surface area contributed by atoms with E-state index in [-0.39, 0.29) is 11.6 Å². The lowest BCUT2D eigenvalue weighted by atomic mass is 10.2. The molecule has 3 rings (SSSR count). The molecule has 0 unspecified atom stereocenters. The summed E-state index contributed by atoms with van der Waals surface area (Å²) < 4.78 is 16.0. The second-order valence-electron chi connectivity index (χ2n) is 6.59. The predicted molar refractivity (Wildman–Crippen MR) is 107 cm³/mol. The van der Waals surface area contributed by atoms with E-state index in [2.05, 4.69) is 15.3 Å². The number of rotatable bonds is 7. The van der Waals surface area contributed by atoms with Crippen LogP contribution in [-0.2, 0) is 4.74 Å². The van der Waals surface area contributed by atoms with Crippen LogP contribution in [0.1, 0.15) is 24.3 Å². The van der Waals surface area contributed by atoms with E-state index in [9.17, 15) is 4.79 Å². The van der Waals surface area contributed by atoms with Crippen LogP contribution in [0.3, 0.4) is 0 Å². The van der Waals surface area contributed by atoms with Gasteiger partial charge in [-0.25, -0.2) is 14.8 Å². The van der Waals surface area contributed by atoms with Gasteiger partial charge in [-0.3, -0.25) is 0 Å². The van der Waals surface area contributed by atoms with Gasteiger partial charge < -0.3 is 19.5 Å². The largest absolute Gasteiger partial charge is 0.497 e. The van der Waals surface area contributed by atoms with E-state index < -0.39 is 5.97 Å². The molecule has 3 aromatic rings. The summed E-state index contributed by atoms with van der Waals surface area (Å²) >= 11 is 0. The molecule has 0 bridgehead atoms. The van der Waals surface area contributed by atoms with E-state index in [0.29, 0.717) is 40.6 Å². The van der Waals surface area contributed by atoms with E-state index in [1.54, 1.807) is 38.5 Å². The third-order valence-corrected chi connectivity index (χ3v) is 3.97. The average Bonchev–Trinajstić information content (AvgIpc) is 2.71. The van der Waals surface area contributed by atoms with Crippen molar-refractivity contribution in [1.82, 2.24) is 9.97 Å². The van der Waals surface area contributed by atoms with E-state index in [1.807, 2.05) is 32.0 Å². The Bertz CT molecular complexity index is 989. The highest BCUT2D eigenvalue weighted by molar-refractivity contribution is 5.96. The summed E-state index contributed by atoms with van der Waals surface area (Å²) in [7, 11) is 3.14. The first-order valence-corrected chi connectivity index (χ1v) is 8.94. The summed E-state index contributed by atoms with van der Waals surface area (Å²) in [4.78, 5) is 21.7. The van der Waals surface area contributed by atoms with E-state index in [0.717, 1.165) is 0 Å². The molecule has 2 aromatic carbocycles. The first kappa shape index (κ1) is 19.4. The van der Waals surface area contributed by atoms with Crippen LogP contribution < -0.4 is 14.8 Å². The number of para-hydroxylation sites is 2. The number of anilines is 2. The van der Waals surface area contributed by atoms with Crippen LogP contribution in [0, 0.1) is 5.92 Å². The van der Waals surface area contributed by atoms with Crippen molar-refractivity contribution in [2.75, 3.05) is 26.1 Å². The monoisotopic (exact) mass is 381 g/mol. The molecule has 1 aromatic heterocycles. The van der Waals surface area contributed by atoms with Crippen molar-refractivity contribution in [2.45, 2.75) is 13.8 Å². The van der Waals surface area contributed by atoms with Gasteiger partial charge in [0.2, 0.25) is 0 Å². The molecule has 0 fully saturated rings. The Kier molecular flexibility index (Phi) is 5.93. The van der Waals surface area contributed by atoms with Crippen LogP contribution in [0.25, 0.3) is 11.0 Å². The molecular formula is C21H23N3O4. The van der Waals surface area contributed by atoms with E-state index in [4.69, 9.17) is 14.2 Å². The lowest BCUT2D eigenvalue weighted by molar-refractivity contribution is 0.0453. The molecule has 0 aliphatic rings. The number of carbonyl (C=O) groups is 1. The van der Waals surface area contributed by atoms with Crippen molar-refractivity contribution < 1.29 is 19.0 Å². The van der Waals surface area contributed by atoms with Gasteiger partial charge in [0.05, 0.1) is 37.5 Å². The zero-order valence-corrected chi connectivity index (χ0v) is 16.4. The quantitative estimate of drug-likeness (QED) is 0.614. The molecule has 7 heteroatoms. The Hall–Kier alpha value is -3.35. The second kappa shape index (κ2) is 8.56. The number of nitrogens with zero attached hydrogens (tertiary/aromatic N) is 2. The zero-order chi connectivity index (χ0) is 20.1. The van der Waals surface area contributed by atoms with Crippen LogP contribution in [0.5, 0.6) is 11.5 Å². The molecule has 0 saturated carbocycles. The van der Waals surface area contributed by atoms with Gasteiger partial charge >= 0.3 is 5.97 Å². The topological polar surface area (TPSA) is 82.6 Å². The Balaban J connectivity index is 2.03. The SMILES string of the molecule is COc1ccc(Nc2nc3ccccc3nc2C(=O)OCC(C)C)c(OC)c1. The van der Waals surface area contributed by atoms with Crippen molar-refractivity contribution >= 4 is 28.5 Å². The van der Waals surface area contributed by atoms with Gasteiger partial charge in [-0.15, -0.1) is 0 Å². The summed E-state index contributed by atoms with van der Waals surface area (Å²) in [5, 5.41) is 3.15. The Morgan fingerprint density at radius 3 is 2.39 bits per heavy atom. The number of nitrogens with one attached hydrogen (secondary N) is 1. The van der Waals surface area contributed by atoms with Gasteiger partial charge in [-0.1, -0.05) is 26.0 Å². The Morgan fingerprint density at radius 1 is 1.04 bits per heavy atom. The fraction of sp³-hybridized carbons (Fsp3) is 0.286. The fourth-order valence-electron chi connectivity index (χ4n) is 2.57. The highest BCUT2D eigenvalue weighted by Gasteiger charge is 2.20. The van der Waals surface area contributed by atoms with Gasteiger partial charge in [0, 0.05) is 6.07 Å². The summed E-state index contributed by atoms with van der Waals surface area (Å²) in [5.41, 5.74) is 2.03. The number of fused-ring (bicyclic) bond motifs is 1. The van der Waals surface area contributed by atoms with Crippen molar-refractivity contribution in [1.29, 1.82) is 0 Å². The average molecular weight is 381 g/mol. The Morgan fingerprint density at radius 2 is 1.75 bits per heavy atom. The first-order chi connectivity index (χ1) is 13.5. The molecule has 0 saturated heterocycles. The number of aromatic nitrogens is 2.